The van der Waals surface area contributed by atoms with E-state index in [0.29, 0.717) is 34.1 Å². The Labute approximate surface area is 143 Å². The summed E-state index contributed by atoms with van der Waals surface area (Å²) in [5.74, 6) is 1.28. The van der Waals surface area contributed by atoms with Crippen LogP contribution in [-0.4, -0.2) is 32.3 Å². The van der Waals surface area contributed by atoms with Crippen molar-refractivity contribution in [2.24, 2.45) is 0 Å². The molecule has 0 bridgehead atoms. The second-order valence-corrected chi connectivity index (χ2v) is 5.79. The summed E-state index contributed by atoms with van der Waals surface area (Å²) in [6, 6.07) is 7.61. The van der Waals surface area contributed by atoms with Crippen molar-refractivity contribution in [3.63, 3.8) is 0 Å². The predicted molar refractivity (Wildman–Crippen MR) is 95.0 cm³/mol. The van der Waals surface area contributed by atoms with Crippen molar-refractivity contribution in [3.8, 4) is 17.2 Å². The number of benzene rings is 3. The molecule has 3 aromatic rings. The van der Waals surface area contributed by atoms with Crippen molar-refractivity contribution in [2.45, 2.75) is 6.61 Å². The van der Waals surface area contributed by atoms with Gasteiger partial charge in [-0.1, -0.05) is 6.07 Å². The fourth-order valence-electron chi connectivity index (χ4n) is 3.61. The number of rotatable bonds is 4. The largest absolute Gasteiger partial charge is 0.497 e. The SMILES string of the molecule is COc1ccc2cc3c4c(c(OC)c(CO)c(OC)c4c2c1)C(=O)N3. The van der Waals surface area contributed by atoms with Crippen LogP contribution in [0.2, 0.25) is 0 Å². The highest BCUT2D eigenvalue weighted by Crippen LogP contribution is 2.49. The van der Waals surface area contributed by atoms with E-state index in [1.165, 1.54) is 7.11 Å². The molecule has 0 aliphatic carbocycles. The van der Waals surface area contributed by atoms with E-state index >= 15 is 0 Å². The van der Waals surface area contributed by atoms with E-state index in [9.17, 15) is 9.90 Å². The highest BCUT2D eigenvalue weighted by molar-refractivity contribution is 6.31. The van der Waals surface area contributed by atoms with Gasteiger partial charge >= 0.3 is 0 Å². The van der Waals surface area contributed by atoms with Crippen LogP contribution < -0.4 is 19.5 Å². The average Bonchev–Trinajstić information content (AvgIpc) is 2.97. The molecule has 0 unspecified atom stereocenters. The molecule has 1 aliphatic heterocycles. The van der Waals surface area contributed by atoms with Crippen molar-refractivity contribution in [3.05, 3.63) is 35.4 Å². The van der Waals surface area contributed by atoms with Gasteiger partial charge in [0.05, 0.1) is 44.8 Å². The molecule has 1 amide bonds. The third kappa shape index (κ3) is 1.97. The van der Waals surface area contributed by atoms with Crippen molar-refractivity contribution in [1.29, 1.82) is 0 Å². The van der Waals surface area contributed by atoms with Crippen LogP contribution in [0.1, 0.15) is 15.9 Å². The van der Waals surface area contributed by atoms with Gasteiger partial charge in [-0.3, -0.25) is 4.79 Å². The number of fused-ring (bicyclic) bond motifs is 2. The molecule has 0 fully saturated rings. The van der Waals surface area contributed by atoms with E-state index in [0.717, 1.165) is 21.5 Å². The highest BCUT2D eigenvalue weighted by Gasteiger charge is 2.32. The summed E-state index contributed by atoms with van der Waals surface area (Å²) in [5, 5.41) is 16.1. The molecule has 0 saturated carbocycles. The Hall–Kier alpha value is -2.99. The van der Waals surface area contributed by atoms with Crippen LogP contribution in [0.4, 0.5) is 5.69 Å². The normalized spacial score (nSPS) is 12.6. The summed E-state index contributed by atoms with van der Waals surface area (Å²) in [5.41, 5.74) is 1.57. The first-order chi connectivity index (χ1) is 12.1. The molecule has 3 aromatic carbocycles. The third-order valence-corrected chi connectivity index (χ3v) is 4.64. The predicted octanol–water partition coefficient (Wildman–Crippen LogP) is 3.08. The molecule has 1 aliphatic rings. The summed E-state index contributed by atoms with van der Waals surface area (Å²) in [7, 11) is 4.62. The lowest BCUT2D eigenvalue weighted by Gasteiger charge is -2.18. The molecular weight excluding hydrogens is 322 g/mol. The Balaban J connectivity index is 2.31. The van der Waals surface area contributed by atoms with Crippen molar-refractivity contribution < 1.29 is 24.1 Å². The van der Waals surface area contributed by atoms with Gasteiger partial charge in [0.1, 0.15) is 17.2 Å². The molecule has 4 rings (SSSR count). The Morgan fingerprint density at radius 1 is 1.00 bits per heavy atom. The summed E-state index contributed by atoms with van der Waals surface area (Å²) in [4.78, 5) is 12.6. The third-order valence-electron chi connectivity index (χ3n) is 4.64. The quantitative estimate of drug-likeness (QED) is 0.714. The minimum absolute atomic E-state index is 0.253. The van der Waals surface area contributed by atoms with Gasteiger partial charge in [0.15, 0.2) is 0 Å². The van der Waals surface area contributed by atoms with Crippen molar-refractivity contribution >= 4 is 33.1 Å². The number of aliphatic hydroxyl groups is 1. The van der Waals surface area contributed by atoms with Crippen molar-refractivity contribution in [1.82, 2.24) is 0 Å². The number of aliphatic hydroxyl groups excluding tert-OH is 1. The lowest BCUT2D eigenvalue weighted by molar-refractivity contribution is 0.102. The number of hydrogen-bond acceptors (Lipinski definition) is 5. The van der Waals surface area contributed by atoms with E-state index < -0.39 is 0 Å². The maximum atomic E-state index is 12.6. The standard InChI is InChI=1S/C19H17NO5/c1-23-10-5-4-9-6-13-15-14(11(9)7-10)17(24-2)12(8-21)18(25-3)16(15)19(22)20-13/h4-7,21H,8H2,1-3H3,(H,20,22). The van der Waals surface area contributed by atoms with Crippen molar-refractivity contribution in [2.75, 3.05) is 26.6 Å². The Bertz CT molecular complexity index is 1040. The van der Waals surface area contributed by atoms with Gasteiger partial charge < -0.3 is 24.6 Å². The summed E-state index contributed by atoms with van der Waals surface area (Å²) in [6.45, 7) is -0.307. The second-order valence-electron chi connectivity index (χ2n) is 5.79. The number of hydrogen-bond donors (Lipinski definition) is 2. The zero-order valence-electron chi connectivity index (χ0n) is 14.1. The van der Waals surface area contributed by atoms with E-state index in [1.807, 2.05) is 24.3 Å². The summed E-state index contributed by atoms with van der Waals surface area (Å²) >= 11 is 0. The molecule has 0 atom stereocenters. The number of carbonyl (C=O) groups excluding carboxylic acids is 1. The van der Waals surface area contributed by atoms with E-state index in [2.05, 4.69) is 5.32 Å². The molecule has 6 nitrogen and oxygen atoms in total. The van der Waals surface area contributed by atoms with Gasteiger partial charge in [-0.05, 0) is 29.0 Å². The van der Waals surface area contributed by atoms with E-state index in [4.69, 9.17) is 14.2 Å². The smallest absolute Gasteiger partial charge is 0.260 e. The monoisotopic (exact) mass is 339 g/mol. The van der Waals surface area contributed by atoms with Crippen LogP contribution in [-0.2, 0) is 6.61 Å². The van der Waals surface area contributed by atoms with E-state index in [-0.39, 0.29) is 12.5 Å². The molecule has 6 heteroatoms. The molecule has 25 heavy (non-hydrogen) atoms. The number of carbonyl (C=O) groups is 1. The van der Waals surface area contributed by atoms with Gasteiger partial charge in [-0.15, -0.1) is 0 Å². The van der Waals surface area contributed by atoms with Crippen LogP contribution in [0.5, 0.6) is 17.2 Å². The van der Waals surface area contributed by atoms with Gasteiger partial charge in [0, 0.05) is 10.8 Å². The van der Waals surface area contributed by atoms with Gasteiger partial charge in [0.2, 0.25) is 0 Å². The van der Waals surface area contributed by atoms with Crippen LogP contribution in [0.3, 0.4) is 0 Å². The molecule has 0 spiro atoms. The number of methoxy groups -OCH3 is 3. The number of ether oxygens (including phenoxy) is 3. The molecule has 2 N–H and O–H groups in total. The van der Waals surface area contributed by atoms with Crippen LogP contribution in [0, 0.1) is 0 Å². The first-order valence-corrected chi connectivity index (χ1v) is 7.78. The highest BCUT2D eigenvalue weighted by atomic mass is 16.5. The Kier molecular flexibility index (Phi) is 3.43. The summed E-state index contributed by atoms with van der Waals surface area (Å²) in [6.07, 6.45) is 0. The Morgan fingerprint density at radius 2 is 1.76 bits per heavy atom. The van der Waals surface area contributed by atoms with Crippen LogP contribution in [0.15, 0.2) is 24.3 Å². The number of nitrogens with one attached hydrogen (secondary N) is 1. The molecule has 1 heterocycles. The van der Waals surface area contributed by atoms with Gasteiger partial charge in [-0.2, -0.15) is 0 Å². The maximum Gasteiger partial charge on any atom is 0.260 e. The number of anilines is 1. The first kappa shape index (κ1) is 15.5. The number of amides is 1. The molecule has 0 aromatic heterocycles. The molecule has 128 valence electrons. The van der Waals surface area contributed by atoms with Crippen LogP contribution >= 0.6 is 0 Å². The van der Waals surface area contributed by atoms with E-state index in [1.54, 1.807) is 14.2 Å². The second kappa shape index (κ2) is 5.53. The minimum Gasteiger partial charge on any atom is -0.497 e. The molecular formula is C19H17NO5. The molecule has 0 radical (unpaired) electrons. The van der Waals surface area contributed by atoms with Crippen LogP contribution in [0.25, 0.3) is 21.5 Å². The Morgan fingerprint density at radius 3 is 2.40 bits per heavy atom. The minimum atomic E-state index is -0.307. The zero-order chi connectivity index (χ0) is 17.7. The lowest BCUT2D eigenvalue weighted by atomic mass is 9.94. The zero-order valence-corrected chi connectivity index (χ0v) is 14.1. The lowest BCUT2D eigenvalue weighted by Crippen LogP contribution is -2.08. The maximum absolute atomic E-state index is 12.6. The van der Waals surface area contributed by atoms with Gasteiger partial charge in [-0.25, -0.2) is 0 Å². The topological polar surface area (TPSA) is 77.0 Å². The fraction of sp³-hybridized carbons (Fsp3) is 0.211. The van der Waals surface area contributed by atoms with Gasteiger partial charge in [0.25, 0.3) is 5.91 Å². The fourth-order valence-corrected chi connectivity index (χ4v) is 3.61. The first-order valence-electron chi connectivity index (χ1n) is 7.78. The molecule has 0 saturated heterocycles. The summed E-state index contributed by atoms with van der Waals surface area (Å²) < 4.78 is 16.4. The average molecular weight is 339 g/mol.